The fraction of sp³-hybridized carbons (Fsp3) is 0.800. The Labute approximate surface area is 60.0 Å². The summed E-state index contributed by atoms with van der Waals surface area (Å²) < 4.78 is 10.9. The molecule has 2 N–H and O–H groups in total. The molecule has 0 saturated carbocycles. The second-order valence-electron chi connectivity index (χ2n) is 2.55. The SMILES string of the molecule is CP(C)(=O)CNCC(=O)O. The summed E-state index contributed by atoms with van der Waals surface area (Å²) in [5.74, 6) is -0.923. The molecule has 0 amide bonds. The zero-order chi connectivity index (χ0) is 8.20. The van der Waals surface area contributed by atoms with Crippen LogP contribution >= 0.6 is 7.14 Å². The molecule has 0 aromatic heterocycles. The maximum absolute atomic E-state index is 10.9. The van der Waals surface area contributed by atoms with Gasteiger partial charge in [0.25, 0.3) is 0 Å². The minimum Gasteiger partial charge on any atom is -0.480 e. The van der Waals surface area contributed by atoms with E-state index in [0.29, 0.717) is 6.29 Å². The maximum atomic E-state index is 10.9. The average Bonchev–Trinajstić information content (AvgIpc) is 1.59. The molecule has 0 aromatic rings. The van der Waals surface area contributed by atoms with Crippen LogP contribution in [0.1, 0.15) is 0 Å². The number of nitrogens with one attached hydrogen (secondary N) is 1. The van der Waals surface area contributed by atoms with E-state index < -0.39 is 13.1 Å². The van der Waals surface area contributed by atoms with Gasteiger partial charge in [-0.05, 0) is 13.3 Å². The second-order valence-corrected chi connectivity index (χ2v) is 6.02. The number of carboxylic acids is 1. The van der Waals surface area contributed by atoms with Crippen LogP contribution in [0.25, 0.3) is 0 Å². The molecule has 10 heavy (non-hydrogen) atoms. The Morgan fingerprint density at radius 2 is 2.10 bits per heavy atom. The lowest BCUT2D eigenvalue weighted by molar-refractivity contribution is -0.135. The summed E-state index contributed by atoms with van der Waals surface area (Å²) in [7, 11) is -2.10. The van der Waals surface area contributed by atoms with Crippen molar-refractivity contribution in [2.75, 3.05) is 26.2 Å². The van der Waals surface area contributed by atoms with Gasteiger partial charge in [-0.1, -0.05) is 0 Å². The number of carbonyl (C=O) groups is 1. The molecule has 60 valence electrons. The summed E-state index contributed by atoms with van der Waals surface area (Å²) in [4.78, 5) is 9.93. The van der Waals surface area contributed by atoms with E-state index >= 15 is 0 Å². The van der Waals surface area contributed by atoms with Gasteiger partial charge in [-0.25, -0.2) is 0 Å². The predicted molar refractivity (Wildman–Crippen MR) is 40.0 cm³/mol. The highest BCUT2D eigenvalue weighted by Gasteiger charge is 2.06. The molecule has 0 aliphatic carbocycles. The molecule has 0 spiro atoms. The Bertz CT molecular complexity index is 162. The monoisotopic (exact) mass is 165 g/mol. The highest BCUT2D eigenvalue weighted by molar-refractivity contribution is 7.62. The van der Waals surface area contributed by atoms with Gasteiger partial charge in [0.2, 0.25) is 0 Å². The van der Waals surface area contributed by atoms with Crippen molar-refractivity contribution in [1.29, 1.82) is 0 Å². The van der Waals surface area contributed by atoms with Crippen molar-refractivity contribution in [3.05, 3.63) is 0 Å². The van der Waals surface area contributed by atoms with Crippen LogP contribution in [-0.2, 0) is 9.36 Å². The Balaban J connectivity index is 3.39. The molecule has 0 aromatic carbocycles. The van der Waals surface area contributed by atoms with E-state index in [2.05, 4.69) is 5.32 Å². The molecule has 4 nitrogen and oxygen atoms in total. The van der Waals surface area contributed by atoms with Gasteiger partial charge in [0.05, 0.1) is 13.7 Å². The van der Waals surface area contributed by atoms with Gasteiger partial charge in [-0.15, -0.1) is 0 Å². The minimum atomic E-state index is -2.10. The third-order valence-electron chi connectivity index (χ3n) is 0.769. The van der Waals surface area contributed by atoms with E-state index in [1.807, 2.05) is 0 Å². The highest BCUT2D eigenvalue weighted by Crippen LogP contribution is 2.33. The zero-order valence-electron chi connectivity index (χ0n) is 6.13. The van der Waals surface area contributed by atoms with Crippen molar-refractivity contribution in [2.24, 2.45) is 0 Å². The molecule has 0 atom stereocenters. The first-order chi connectivity index (χ1) is 4.42. The highest BCUT2D eigenvalue weighted by atomic mass is 31.2. The summed E-state index contributed by atoms with van der Waals surface area (Å²) in [5, 5.41) is 10.7. The van der Waals surface area contributed by atoms with Crippen molar-refractivity contribution in [2.45, 2.75) is 0 Å². The second kappa shape index (κ2) is 3.74. The standard InChI is InChI=1S/C5H12NO3P/c1-10(2,9)4-6-3-5(7)8/h6H,3-4H2,1-2H3,(H,7,8). The van der Waals surface area contributed by atoms with Crippen LogP contribution in [0, 0.1) is 0 Å². The Morgan fingerprint density at radius 3 is 2.40 bits per heavy atom. The largest absolute Gasteiger partial charge is 0.480 e. The van der Waals surface area contributed by atoms with Crippen LogP contribution in [0.15, 0.2) is 0 Å². The van der Waals surface area contributed by atoms with Crippen molar-refractivity contribution in [3.8, 4) is 0 Å². The van der Waals surface area contributed by atoms with Crippen LogP contribution in [0.2, 0.25) is 0 Å². The summed E-state index contributed by atoms with van der Waals surface area (Å²) in [6, 6.07) is 0. The molecule has 0 aliphatic heterocycles. The van der Waals surface area contributed by atoms with Gasteiger partial charge in [0.1, 0.15) is 0 Å². The van der Waals surface area contributed by atoms with Crippen molar-refractivity contribution in [1.82, 2.24) is 5.32 Å². The number of rotatable bonds is 4. The fourth-order valence-electron chi connectivity index (χ4n) is 0.432. The summed E-state index contributed by atoms with van der Waals surface area (Å²) >= 11 is 0. The topological polar surface area (TPSA) is 66.4 Å². The van der Waals surface area contributed by atoms with E-state index in [0.717, 1.165) is 0 Å². The normalized spacial score (nSPS) is 11.4. The summed E-state index contributed by atoms with van der Waals surface area (Å²) in [6.45, 7) is 3.11. The Hall–Kier alpha value is -0.340. The van der Waals surface area contributed by atoms with Crippen LogP contribution in [0.5, 0.6) is 0 Å². The molecule has 0 fully saturated rings. The Morgan fingerprint density at radius 1 is 1.60 bits per heavy atom. The van der Waals surface area contributed by atoms with E-state index in [-0.39, 0.29) is 6.54 Å². The summed E-state index contributed by atoms with van der Waals surface area (Å²) in [5.41, 5.74) is 0. The van der Waals surface area contributed by atoms with E-state index in [1.165, 1.54) is 0 Å². The first-order valence-electron chi connectivity index (χ1n) is 2.88. The quantitative estimate of drug-likeness (QED) is 0.585. The molecule has 0 radical (unpaired) electrons. The molecule has 0 heterocycles. The smallest absolute Gasteiger partial charge is 0.317 e. The van der Waals surface area contributed by atoms with Crippen molar-refractivity contribution < 1.29 is 14.5 Å². The van der Waals surface area contributed by atoms with Gasteiger partial charge >= 0.3 is 5.97 Å². The van der Waals surface area contributed by atoms with E-state index in [9.17, 15) is 9.36 Å². The molecule has 0 aliphatic rings. The molecular weight excluding hydrogens is 153 g/mol. The predicted octanol–water partition coefficient (Wildman–Crippen LogP) is 0.241. The van der Waals surface area contributed by atoms with Crippen LogP contribution < -0.4 is 5.32 Å². The third kappa shape index (κ3) is 7.66. The van der Waals surface area contributed by atoms with Crippen LogP contribution in [0.4, 0.5) is 0 Å². The lowest BCUT2D eigenvalue weighted by Crippen LogP contribution is -2.23. The lowest BCUT2D eigenvalue weighted by atomic mass is 10.7. The third-order valence-corrected chi connectivity index (χ3v) is 1.75. The number of hydrogen-bond donors (Lipinski definition) is 2. The van der Waals surface area contributed by atoms with Gasteiger partial charge in [-0.3, -0.25) is 4.79 Å². The average molecular weight is 165 g/mol. The number of aliphatic carboxylic acids is 1. The van der Waals surface area contributed by atoms with Gasteiger partial charge in [0, 0.05) is 6.29 Å². The first-order valence-corrected chi connectivity index (χ1v) is 5.67. The summed E-state index contributed by atoms with van der Waals surface area (Å²) in [6.07, 6.45) is 0.291. The molecule has 0 saturated heterocycles. The van der Waals surface area contributed by atoms with Crippen LogP contribution in [0.3, 0.4) is 0 Å². The molecule has 0 unspecified atom stereocenters. The van der Waals surface area contributed by atoms with E-state index in [4.69, 9.17) is 5.11 Å². The van der Waals surface area contributed by atoms with Gasteiger partial charge < -0.3 is 15.0 Å². The molecule has 0 rings (SSSR count). The van der Waals surface area contributed by atoms with Gasteiger partial charge in [-0.2, -0.15) is 0 Å². The van der Waals surface area contributed by atoms with Crippen molar-refractivity contribution in [3.63, 3.8) is 0 Å². The maximum Gasteiger partial charge on any atom is 0.317 e. The van der Waals surface area contributed by atoms with Crippen LogP contribution in [-0.4, -0.2) is 37.2 Å². The molecule has 0 bridgehead atoms. The van der Waals surface area contributed by atoms with Crippen molar-refractivity contribution >= 4 is 13.1 Å². The molecule has 5 heteroatoms. The zero-order valence-corrected chi connectivity index (χ0v) is 7.02. The number of carboxylic acid groups (broad SMARTS) is 1. The lowest BCUT2D eigenvalue weighted by Gasteiger charge is -2.05. The Kier molecular flexibility index (Phi) is 3.61. The minimum absolute atomic E-state index is 0.119. The first kappa shape index (κ1) is 9.66. The number of hydrogen-bond acceptors (Lipinski definition) is 3. The fourth-order valence-corrected chi connectivity index (χ4v) is 1.08. The van der Waals surface area contributed by atoms with Gasteiger partial charge in [0.15, 0.2) is 0 Å². The van der Waals surface area contributed by atoms with E-state index in [1.54, 1.807) is 13.3 Å². The molecular formula is C5H12NO3P.